The van der Waals surface area contributed by atoms with E-state index in [1.807, 2.05) is 0 Å². The van der Waals surface area contributed by atoms with Gasteiger partial charge in [0.05, 0.1) is 13.3 Å². The highest BCUT2D eigenvalue weighted by molar-refractivity contribution is 5.95. The van der Waals surface area contributed by atoms with Crippen molar-refractivity contribution in [2.24, 2.45) is 5.16 Å². The quantitative estimate of drug-likeness (QED) is 0.334. The van der Waals surface area contributed by atoms with Crippen LogP contribution < -0.4 is 16.2 Å². The standard InChI is InChI=1S/C18H11NO5/c1-7-5-9-12(11(21)6-7)14-15(16(9)19-24)18(23)13-8(17(14)22)3-2-4-10(13)20/h2-6,20-21,24H,1H3/b19-16+/i3D,4D. The van der Waals surface area contributed by atoms with Crippen LogP contribution in [0.1, 0.15) is 8.30 Å². The van der Waals surface area contributed by atoms with Gasteiger partial charge >= 0.3 is 0 Å². The van der Waals surface area contributed by atoms with Gasteiger partial charge in [0, 0.05) is 21.4 Å². The van der Waals surface area contributed by atoms with Crippen molar-refractivity contribution in [2.45, 2.75) is 6.92 Å². The lowest BCUT2D eigenvalue weighted by molar-refractivity contribution is 0.302. The number of aromatic hydroxyl groups is 2. The predicted octanol–water partition coefficient (Wildman–Crippen LogP) is 1.32. The molecule has 0 spiro atoms. The number of phenols is 2. The summed E-state index contributed by atoms with van der Waals surface area (Å²) in [6.45, 7) is 1.69. The van der Waals surface area contributed by atoms with Crippen molar-refractivity contribution in [1.82, 2.24) is 0 Å². The number of aryl methyl sites for hydroxylation is 1. The first-order valence-corrected chi connectivity index (χ1v) is 7.01. The zero-order valence-electron chi connectivity index (χ0n) is 14.3. The van der Waals surface area contributed by atoms with Gasteiger partial charge in [0.25, 0.3) is 0 Å². The third-order valence-electron chi connectivity index (χ3n) is 4.17. The lowest BCUT2D eigenvalue weighted by Crippen LogP contribution is -2.19. The lowest BCUT2D eigenvalue weighted by Gasteiger charge is -2.00. The number of fused-ring (bicyclic) bond motifs is 3. The molecule has 0 amide bonds. The summed E-state index contributed by atoms with van der Waals surface area (Å²) in [5, 5.41) is 31.8. The Morgan fingerprint density at radius 2 is 1.71 bits per heavy atom. The Balaban J connectivity index is 2.60. The van der Waals surface area contributed by atoms with Crippen molar-refractivity contribution in [3.63, 3.8) is 0 Å². The van der Waals surface area contributed by atoms with Gasteiger partial charge < -0.3 is 15.4 Å². The molecule has 0 atom stereocenters. The van der Waals surface area contributed by atoms with Crippen LogP contribution >= 0.6 is 0 Å². The number of hydrogen-bond donors (Lipinski definition) is 3. The highest BCUT2D eigenvalue weighted by Crippen LogP contribution is 2.27. The molecular weight excluding hydrogens is 310 g/mol. The van der Waals surface area contributed by atoms with Gasteiger partial charge in [-0.25, -0.2) is 0 Å². The molecular formula is C18H11NO5. The van der Waals surface area contributed by atoms with Crippen LogP contribution in [-0.2, 0) is 0 Å². The molecule has 0 bridgehead atoms. The second-order valence-corrected chi connectivity index (χ2v) is 5.60. The van der Waals surface area contributed by atoms with E-state index < -0.39 is 28.0 Å². The lowest BCUT2D eigenvalue weighted by atomic mass is 10.0. The maximum atomic E-state index is 13.0. The van der Waals surface area contributed by atoms with E-state index in [-0.39, 0.29) is 43.7 Å². The van der Waals surface area contributed by atoms with Gasteiger partial charge in [-0.05, 0) is 30.7 Å². The van der Waals surface area contributed by atoms with Crippen LogP contribution in [0.5, 0.6) is 11.5 Å². The minimum atomic E-state index is -0.837. The van der Waals surface area contributed by atoms with Crippen LogP contribution in [0.2, 0.25) is 0 Å². The topological polar surface area (TPSA) is 107 Å². The molecule has 0 radical (unpaired) electrons. The first-order chi connectivity index (χ1) is 12.3. The Bertz CT molecular complexity index is 1480. The average Bonchev–Trinajstić information content (AvgIpc) is 2.90. The van der Waals surface area contributed by atoms with E-state index in [9.17, 15) is 25.0 Å². The molecule has 0 saturated carbocycles. The zero-order valence-corrected chi connectivity index (χ0v) is 12.3. The maximum Gasteiger partial charge on any atom is 0.200 e. The van der Waals surface area contributed by atoms with Gasteiger partial charge in [-0.2, -0.15) is 0 Å². The van der Waals surface area contributed by atoms with E-state index >= 15 is 0 Å². The summed E-state index contributed by atoms with van der Waals surface area (Å²) in [5.74, 6) is -0.974. The highest BCUT2D eigenvalue weighted by atomic mass is 16.4. The van der Waals surface area contributed by atoms with Gasteiger partial charge in [-0.1, -0.05) is 17.3 Å². The van der Waals surface area contributed by atoms with E-state index in [1.165, 1.54) is 6.07 Å². The fourth-order valence-corrected chi connectivity index (χ4v) is 3.24. The third-order valence-corrected chi connectivity index (χ3v) is 4.17. The summed E-state index contributed by atoms with van der Waals surface area (Å²) in [7, 11) is 0. The van der Waals surface area contributed by atoms with Crippen LogP contribution in [0, 0.1) is 17.4 Å². The molecule has 6 heteroatoms. The van der Waals surface area contributed by atoms with E-state index in [4.69, 9.17) is 2.74 Å². The summed E-state index contributed by atoms with van der Waals surface area (Å²) in [6, 6.07) is 3.09. The zero-order chi connectivity index (χ0) is 18.9. The first-order valence-electron chi connectivity index (χ1n) is 8.01. The molecule has 2 aromatic carbocycles. The van der Waals surface area contributed by atoms with Crippen molar-refractivity contribution < 1.29 is 18.2 Å². The number of nitrogens with zero attached hydrogens (tertiary/aromatic N) is 1. The number of rotatable bonds is 0. The molecule has 4 rings (SSSR count). The Labute approximate surface area is 136 Å². The van der Waals surface area contributed by atoms with E-state index in [1.54, 1.807) is 13.0 Å². The fourth-order valence-electron chi connectivity index (χ4n) is 3.24. The van der Waals surface area contributed by atoms with E-state index in [2.05, 4.69) is 5.16 Å². The Morgan fingerprint density at radius 1 is 0.958 bits per heavy atom. The van der Waals surface area contributed by atoms with Crippen LogP contribution in [0.3, 0.4) is 0 Å². The SMILES string of the molecule is [2H]c1cc([2H])c2c(=O)c3c4c(O)cc(C)cc4/c(=N\O)c=3c(=O)c2c1O. The fraction of sp³-hybridized carbons (Fsp3) is 0.0556. The van der Waals surface area contributed by atoms with E-state index in [0.717, 1.165) is 6.07 Å². The molecule has 118 valence electrons. The van der Waals surface area contributed by atoms with Gasteiger partial charge in [0.2, 0.25) is 5.43 Å². The van der Waals surface area contributed by atoms with Gasteiger partial charge in [0.15, 0.2) is 5.43 Å². The monoisotopic (exact) mass is 323 g/mol. The number of hydrogen-bond acceptors (Lipinski definition) is 6. The first kappa shape index (κ1) is 12.1. The van der Waals surface area contributed by atoms with Crippen LogP contribution in [0.4, 0.5) is 0 Å². The summed E-state index contributed by atoms with van der Waals surface area (Å²) < 4.78 is 15.6. The summed E-state index contributed by atoms with van der Waals surface area (Å²) >= 11 is 0. The Kier molecular flexibility index (Phi) is 2.29. The molecule has 0 aromatic heterocycles. The molecule has 0 heterocycles. The molecule has 6 nitrogen and oxygen atoms in total. The summed E-state index contributed by atoms with van der Waals surface area (Å²) in [5.41, 5.74) is -0.971. The molecule has 3 N–H and O–H groups in total. The molecule has 0 fully saturated rings. The molecule has 0 saturated heterocycles. The third kappa shape index (κ3) is 1.57. The average molecular weight is 323 g/mol. The molecule has 0 unspecified atom stereocenters. The van der Waals surface area contributed by atoms with Crippen molar-refractivity contribution in [3.8, 4) is 11.5 Å². The minimum Gasteiger partial charge on any atom is -0.507 e. The number of benzene rings is 2. The Hall–Kier alpha value is -3.41. The molecule has 0 aliphatic heterocycles. The van der Waals surface area contributed by atoms with Crippen molar-refractivity contribution in [1.29, 1.82) is 0 Å². The molecule has 2 aliphatic carbocycles. The van der Waals surface area contributed by atoms with Crippen molar-refractivity contribution >= 4 is 21.5 Å². The highest BCUT2D eigenvalue weighted by Gasteiger charge is 2.19. The second-order valence-electron chi connectivity index (χ2n) is 5.60. The van der Waals surface area contributed by atoms with Gasteiger partial charge in [0.1, 0.15) is 16.9 Å². The summed E-state index contributed by atoms with van der Waals surface area (Å²) in [6.07, 6.45) is 0. The molecule has 2 aliphatic rings. The smallest absolute Gasteiger partial charge is 0.200 e. The maximum absolute atomic E-state index is 13.0. The van der Waals surface area contributed by atoms with Gasteiger partial charge in [-0.15, -0.1) is 0 Å². The van der Waals surface area contributed by atoms with Crippen LogP contribution in [-0.4, -0.2) is 15.4 Å². The normalized spacial score (nSPS) is 13.8. The second kappa shape index (κ2) is 4.55. The predicted molar refractivity (Wildman–Crippen MR) is 87.1 cm³/mol. The molecule has 24 heavy (non-hydrogen) atoms. The minimum absolute atomic E-state index is 0.0521. The van der Waals surface area contributed by atoms with Gasteiger partial charge in [-0.3, -0.25) is 9.59 Å². The molecule has 2 aromatic rings. The van der Waals surface area contributed by atoms with Crippen LogP contribution in [0.15, 0.2) is 45.0 Å². The van der Waals surface area contributed by atoms with Crippen LogP contribution in [0.25, 0.3) is 21.5 Å². The Morgan fingerprint density at radius 3 is 2.42 bits per heavy atom. The van der Waals surface area contributed by atoms with Crippen molar-refractivity contribution in [2.75, 3.05) is 0 Å². The number of phenolic OH excluding ortho intramolecular Hbond substituents is 2. The largest absolute Gasteiger partial charge is 0.507 e. The van der Waals surface area contributed by atoms with Crippen molar-refractivity contribution in [3.05, 3.63) is 72.1 Å². The summed E-state index contributed by atoms with van der Waals surface area (Å²) in [4.78, 5) is 26.0. The van der Waals surface area contributed by atoms with E-state index in [0.29, 0.717) is 5.56 Å².